The van der Waals surface area contributed by atoms with Gasteiger partial charge in [-0.3, -0.25) is 0 Å². The topological polar surface area (TPSA) is 24.9 Å². The Morgan fingerprint density at radius 3 is 2.61 bits per heavy atom. The summed E-state index contributed by atoms with van der Waals surface area (Å²) < 4.78 is 27.6. The fraction of sp³-hybridized carbons (Fsp3) is 0.308. The number of alkyl halides is 2. The van der Waals surface area contributed by atoms with Gasteiger partial charge in [0.25, 0.3) is 5.92 Å². The van der Waals surface area contributed by atoms with E-state index in [-0.39, 0.29) is 12.1 Å². The van der Waals surface area contributed by atoms with Gasteiger partial charge in [0, 0.05) is 23.2 Å². The molecule has 5 heteroatoms. The highest BCUT2D eigenvalue weighted by atomic mass is 32.1. The van der Waals surface area contributed by atoms with Crippen molar-refractivity contribution in [1.29, 1.82) is 0 Å². The van der Waals surface area contributed by atoms with Gasteiger partial charge in [0.2, 0.25) is 0 Å². The molecule has 1 aromatic carbocycles. The molecule has 0 aliphatic heterocycles. The fourth-order valence-electron chi connectivity index (χ4n) is 1.59. The first-order valence-corrected chi connectivity index (χ1v) is 6.51. The molecule has 0 atom stereocenters. The van der Waals surface area contributed by atoms with Gasteiger partial charge in [0.15, 0.2) is 0 Å². The molecule has 18 heavy (non-hydrogen) atoms. The van der Waals surface area contributed by atoms with Crippen LogP contribution in [0.3, 0.4) is 0 Å². The first-order chi connectivity index (χ1) is 8.58. The summed E-state index contributed by atoms with van der Waals surface area (Å²) >= 11 is 1.48. The number of aromatic nitrogens is 1. The van der Waals surface area contributed by atoms with Crippen LogP contribution in [-0.4, -0.2) is 11.5 Å². The van der Waals surface area contributed by atoms with E-state index in [9.17, 15) is 8.78 Å². The number of benzene rings is 1. The molecule has 2 rings (SSSR count). The molecule has 0 radical (unpaired) electrons. The summed E-state index contributed by atoms with van der Waals surface area (Å²) in [4.78, 5) is 4.21. The van der Waals surface area contributed by atoms with Crippen molar-refractivity contribution in [2.24, 2.45) is 0 Å². The second kappa shape index (κ2) is 5.54. The zero-order valence-electron chi connectivity index (χ0n) is 9.99. The largest absolute Gasteiger partial charge is 0.304 e. The lowest BCUT2D eigenvalue weighted by molar-refractivity contribution is -0.00343. The van der Waals surface area contributed by atoms with E-state index in [1.54, 1.807) is 18.2 Å². The third-order valence-corrected chi connectivity index (χ3v) is 3.45. The normalized spacial score (nSPS) is 11.7. The second-order valence-corrected chi connectivity index (χ2v) is 5.00. The Balaban J connectivity index is 1.89. The van der Waals surface area contributed by atoms with E-state index in [0.29, 0.717) is 6.54 Å². The van der Waals surface area contributed by atoms with Gasteiger partial charge in [-0.25, -0.2) is 4.98 Å². The van der Waals surface area contributed by atoms with Crippen LogP contribution < -0.4 is 5.32 Å². The SMILES string of the molecule is Cc1csc(CNCC(F)(F)c2ccccc2)n1. The van der Waals surface area contributed by atoms with Gasteiger partial charge in [-0.2, -0.15) is 8.78 Å². The second-order valence-electron chi connectivity index (χ2n) is 4.06. The number of thiazole rings is 1. The summed E-state index contributed by atoms with van der Waals surface area (Å²) in [6.07, 6.45) is 0. The minimum Gasteiger partial charge on any atom is -0.304 e. The molecule has 2 nitrogen and oxygen atoms in total. The van der Waals surface area contributed by atoms with Crippen molar-refractivity contribution < 1.29 is 8.78 Å². The predicted molar refractivity (Wildman–Crippen MR) is 68.9 cm³/mol. The predicted octanol–water partition coefficient (Wildman–Crippen LogP) is 3.33. The average molecular weight is 268 g/mol. The standard InChI is InChI=1S/C13H14F2N2S/c1-10-8-18-12(17-10)7-16-9-13(14,15)11-5-3-2-4-6-11/h2-6,8,16H,7,9H2,1H3. The first kappa shape index (κ1) is 13.1. The number of aryl methyl sites for hydroxylation is 1. The number of nitrogens with zero attached hydrogens (tertiary/aromatic N) is 1. The zero-order valence-corrected chi connectivity index (χ0v) is 10.8. The molecule has 0 spiro atoms. The van der Waals surface area contributed by atoms with Gasteiger partial charge in [-0.05, 0) is 6.92 Å². The van der Waals surface area contributed by atoms with Crippen molar-refractivity contribution in [2.45, 2.75) is 19.4 Å². The van der Waals surface area contributed by atoms with Crippen LogP contribution in [0.15, 0.2) is 35.7 Å². The van der Waals surface area contributed by atoms with E-state index in [0.717, 1.165) is 10.7 Å². The molecule has 0 fully saturated rings. The molecule has 0 unspecified atom stereocenters. The monoisotopic (exact) mass is 268 g/mol. The molecule has 0 bridgehead atoms. The Morgan fingerprint density at radius 1 is 1.28 bits per heavy atom. The minimum absolute atomic E-state index is 0.0350. The number of hydrogen-bond donors (Lipinski definition) is 1. The van der Waals surface area contributed by atoms with Crippen LogP contribution in [-0.2, 0) is 12.5 Å². The Hall–Kier alpha value is -1.33. The smallest absolute Gasteiger partial charge is 0.285 e. The molecule has 0 amide bonds. The van der Waals surface area contributed by atoms with E-state index < -0.39 is 5.92 Å². The third-order valence-electron chi connectivity index (χ3n) is 2.49. The van der Waals surface area contributed by atoms with Crippen LogP contribution in [0.25, 0.3) is 0 Å². The van der Waals surface area contributed by atoms with Gasteiger partial charge in [-0.15, -0.1) is 11.3 Å². The molecule has 0 aliphatic carbocycles. The highest BCUT2D eigenvalue weighted by Gasteiger charge is 2.30. The number of rotatable bonds is 5. The van der Waals surface area contributed by atoms with Gasteiger partial charge in [0.1, 0.15) is 5.01 Å². The Kier molecular flexibility index (Phi) is 4.04. The number of hydrogen-bond acceptors (Lipinski definition) is 3. The highest BCUT2D eigenvalue weighted by Crippen LogP contribution is 2.26. The first-order valence-electron chi connectivity index (χ1n) is 5.63. The molecule has 0 saturated heterocycles. The van der Waals surface area contributed by atoms with E-state index in [4.69, 9.17) is 0 Å². The molecule has 1 N–H and O–H groups in total. The van der Waals surface area contributed by atoms with Crippen LogP contribution in [0, 0.1) is 6.92 Å². The maximum Gasteiger partial charge on any atom is 0.285 e. The van der Waals surface area contributed by atoms with E-state index >= 15 is 0 Å². The lowest BCUT2D eigenvalue weighted by Crippen LogP contribution is -2.30. The van der Waals surface area contributed by atoms with Crippen molar-refractivity contribution in [3.8, 4) is 0 Å². The molecule has 1 aromatic heterocycles. The maximum atomic E-state index is 13.8. The van der Waals surface area contributed by atoms with Crippen molar-refractivity contribution in [3.63, 3.8) is 0 Å². The molecular weight excluding hydrogens is 254 g/mol. The van der Waals surface area contributed by atoms with E-state index in [1.807, 2.05) is 12.3 Å². The molecule has 96 valence electrons. The van der Waals surface area contributed by atoms with Crippen LogP contribution in [0.1, 0.15) is 16.3 Å². The summed E-state index contributed by atoms with van der Waals surface area (Å²) in [5.41, 5.74) is 0.958. The summed E-state index contributed by atoms with van der Waals surface area (Å²) in [7, 11) is 0. The highest BCUT2D eigenvalue weighted by molar-refractivity contribution is 7.09. The fourth-order valence-corrected chi connectivity index (χ4v) is 2.34. The Labute approximate surface area is 109 Å². The number of halogens is 2. The van der Waals surface area contributed by atoms with Crippen molar-refractivity contribution in [2.75, 3.05) is 6.54 Å². The van der Waals surface area contributed by atoms with E-state index in [2.05, 4.69) is 10.3 Å². The minimum atomic E-state index is -2.85. The van der Waals surface area contributed by atoms with Gasteiger partial charge in [-0.1, -0.05) is 30.3 Å². The van der Waals surface area contributed by atoms with Crippen LogP contribution >= 0.6 is 11.3 Å². The third kappa shape index (κ3) is 3.34. The number of nitrogens with one attached hydrogen (secondary N) is 1. The lowest BCUT2D eigenvalue weighted by Gasteiger charge is -2.16. The summed E-state index contributed by atoms with van der Waals surface area (Å²) in [6, 6.07) is 7.84. The summed E-state index contributed by atoms with van der Waals surface area (Å²) in [5.74, 6) is -2.85. The van der Waals surface area contributed by atoms with Crippen LogP contribution in [0.4, 0.5) is 8.78 Å². The average Bonchev–Trinajstić information content (AvgIpc) is 2.76. The van der Waals surface area contributed by atoms with Crippen molar-refractivity contribution >= 4 is 11.3 Å². The quantitative estimate of drug-likeness (QED) is 0.899. The lowest BCUT2D eigenvalue weighted by atomic mass is 10.1. The van der Waals surface area contributed by atoms with Crippen LogP contribution in [0.5, 0.6) is 0 Å². The van der Waals surface area contributed by atoms with Gasteiger partial charge < -0.3 is 5.32 Å². The van der Waals surface area contributed by atoms with Crippen LogP contribution in [0.2, 0.25) is 0 Å². The Bertz CT molecular complexity index is 497. The van der Waals surface area contributed by atoms with Gasteiger partial charge >= 0.3 is 0 Å². The summed E-state index contributed by atoms with van der Waals surface area (Å²) in [5, 5.41) is 5.49. The molecule has 1 heterocycles. The molecule has 0 saturated carbocycles. The van der Waals surface area contributed by atoms with Crippen molar-refractivity contribution in [3.05, 3.63) is 52.0 Å². The van der Waals surface area contributed by atoms with Gasteiger partial charge in [0.05, 0.1) is 6.54 Å². The van der Waals surface area contributed by atoms with E-state index in [1.165, 1.54) is 23.5 Å². The molecular formula is C13H14F2N2S. The van der Waals surface area contributed by atoms with Crippen molar-refractivity contribution in [1.82, 2.24) is 10.3 Å². The molecule has 0 aliphatic rings. The Morgan fingerprint density at radius 2 is 2.00 bits per heavy atom. The maximum absolute atomic E-state index is 13.8. The zero-order chi connectivity index (χ0) is 13.0. The molecule has 2 aromatic rings. The summed E-state index contributed by atoms with van der Waals surface area (Å²) in [6.45, 7) is 1.88.